The summed E-state index contributed by atoms with van der Waals surface area (Å²) in [5, 5.41) is 3.25. The highest BCUT2D eigenvalue weighted by Gasteiger charge is 2.13. The third kappa shape index (κ3) is 3.85. The fraction of sp³-hybridized carbons (Fsp3) is 0.375. The van der Waals surface area contributed by atoms with Crippen LogP contribution < -0.4 is 15.7 Å². The molecule has 1 amide bonds. The van der Waals surface area contributed by atoms with Crippen molar-refractivity contribution in [2.24, 2.45) is 0 Å². The van der Waals surface area contributed by atoms with Crippen molar-refractivity contribution in [3.05, 3.63) is 40.2 Å². The van der Waals surface area contributed by atoms with Crippen LogP contribution in [0, 0.1) is 0 Å². The minimum absolute atomic E-state index is 0.00435. The average Bonchev–Trinajstić information content (AvgIpc) is 2.45. The van der Waals surface area contributed by atoms with Crippen LogP contribution in [0.3, 0.4) is 0 Å². The highest BCUT2D eigenvalue weighted by molar-refractivity contribution is 6.05. The van der Waals surface area contributed by atoms with E-state index in [0.29, 0.717) is 29.9 Å². The van der Waals surface area contributed by atoms with Gasteiger partial charge >= 0.3 is 5.63 Å². The summed E-state index contributed by atoms with van der Waals surface area (Å²) >= 11 is 0. The monoisotopic (exact) mass is 305 g/mol. The lowest BCUT2D eigenvalue weighted by Gasteiger charge is -2.11. The molecule has 118 valence electrons. The fourth-order valence-corrected chi connectivity index (χ4v) is 2.04. The number of nitrogens with one attached hydrogen (secondary N) is 1. The van der Waals surface area contributed by atoms with Gasteiger partial charge in [-0.3, -0.25) is 4.79 Å². The van der Waals surface area contributed by atoms with Crippen LogP contribution in [0.5, 0.6) is 5.75 Å². The van der Waals surface area contributed by atoms with Crippen molar-refractivity contribution in [1.29, 1.82) is 0 Å². The number of fused-ring (bicyclic) bond motifs is 1. The smallest absolute Gasteiger partial charge is 0.337 e. The Morgan fingerprint density at radius 1 is 1.32 bits per heavy atom. The van der Waals surface area contributed by atoms with Crippen molar-refractivity contribution in [2.75, 3.05) is 20.3 Å². The third-order valence-corrected chi connectivity index (χ3v) is 2.92. The average molecular weight is 305 g/mol. The van der Waals surface area contributed by atoms with Gasteiger partial charge in [-0.2, -0.15) is 0 Å². The van der Waals surface area contributed by atoms with Gasteiger partial charge in [0.1, 0.15) is 11.3 Å². The normalized spacial score (nSPS) is 10.9. The molecule has 6 nitrogen and oxygen atoms in total. The second-order valence-corrected chi connectivity index (χ2v) is 5.05. The zero-order valence-corrected chi connectivity index (χ0v) is 12.8. The molecule has 0 fully saturated rings. The number of rotatable bonds is 6. The zero-order valence-electron chi connectivity index (χ0n) is 12.8. The molecule has 1 heterocycles. The van der Waals surface area contributed by atoms with E-state index in [1.54, 1.807) is 25.3 Å². The highest BCUT2D eigenvalue weighted by atomic mass is 16.5. The van der Waals surface area contributed by atoms with Gasteiger partial charge in [0.25, 0.3) is 5.91 Å². The first-order valence-corrected chi connectivity index (χ1v) is 7.03. The Morgan fingerprint density at radius 2 is 2.09 bits per heavy atom. The highest BCUT2D eigenvalue weighted by Crippen LogP contribution is 2.23. The van der Waals surface area contributed by atoms with Gasteiger partial charge < -0.3 is 19.2 Å². The standard InChI is InChI=1S/C16H19NO5/c1-10(2)21-11-4-5-12-13(16(19)17-6-7-20-3)9-15(18)22-14(12)8-11/h4-5,8-10H,6-7H2,1-3H3,(H,17,19). The molecule has 0 spiro atoms. The van der Waals surface area contributed by atoms with E-state index in [1.165, 1.54) is 6.07 Å². The molecule has 0 aliphatic heterocycles. The van der Waals surface area contributed by atoms with Gasteiger partial charge in [0.05, 0.1) is 18.3 Å². The molecule has 2 aromatic rings. The lowest BCUT2D eigenvalue weighted by Crippen LogP contribution is -2.27. The quantitative estimate of drug-likeness (QED) is 0.652. The minimum atomic E-state index is -0.578. The van der Waals surface area contributed by atoms with Crippen molar-refractivity contribution < 1.29 is 18.7 Å². The molecule has 1 aromatic carbocycles. The van der Waals surface area contributed by atoms with Crippen LogP contribution in [0.15, 0.2) is 33.5 Å². The molecule has 0 atom stereocenters. The van der Waals surface area contributed by atoms with E-state index in [4.69, 9.17) is 13.9 Å². The maximum Gasteiger partial charge on any atom is 0.337 e. The predicted molar refractivity (Wildman–Crippen MR) is 82.5 cm³/mol. The van der Waals surface area contributed by atoms with Crippen molar-refractivity contribution in [3.63, 3.8) is 0 Å². The van der Waals surface area contributed by atoms with Crippen LogP contribution in [0.4, 0.5) is 0 Å². The molecule has 6 heteroatoms. The van der Waals surface area contributed by atoms with Crippen molar-refractivity contribution in [2.45, 2.75) is 20.0 Å². The van der Waals surface area contributed by atoms with Gasteiger partial charge in [0.15, 0.2) is 0 Å². The molecule has 0 bridgehead atoms. The van der Waals surface area contributed by atoms with E-state index in [2.05, 4.69) is 5.32 Å². The molecule has 22 heavy (non-hydrogen) atoms. The molecular formula is C16H19NO5. The molecule has 0 unspecified atom stereocenters. The molecule has 0 aliphatic rings. The Bertz CT molecular complexity index is 720. The number of carbonyl (C=O) groups excluding carboxylic acids is 1. The first kappa shape index (κ1) is 16.0. The number of hydrogen-bond acceptors (Lipinski definition) is 5. The Kier molecular flexibility index (Phi) is 5.16. The van der Waals surface area contributed by atoms with Crippen LogP contribution in [0.25, 0.3) is 11.0 Å². The number of carbonyl (C=O) groups is 1. The maximum atomic E-state index is 12.2. The van der Waals surface area contributed by atoms with Crippen molar-refractivity contribution in [3.8, 4) is 5.75 Å². The Hall–Kier alpha value is -2.34. The zero-order chi connectivity index (χ0) is 16.1. The number of amides is 1. The summed E-state index contributed by atoms with van der Waals surface area (Å²) in [6.07, 6.45) is 0.00435. The lowest BCUT2D eigenvalue weighted by atomic mass is 10.1. The Morgan fingerprint density at radius 3 is 2.77 bits per heavy atom. The van der Waals surface area contributed by atoms with Gasteiger partial charge in [0, 0.05) is 31.2 Å². The summed E-state index contributed by atoms with van der Waals surface area (Å²) in [4.78, 5) is 23.8. The molecule has 0 saturated heterocycles. The number of ether oxygens (including phenoxy) is 2. The van der Waals surface area contributed by atoms with E-state index in [0.717, 1.165) is 0 Å². The van der Waals surface area contributed by atoms with Gasteiger partial charge in [-0.15, -0.1) is 0 Å². The molecule has 1 N–H and O–H groups in total. The summed E-state index contributed by atoms with van der Waals surface area (Å²) in [5.41, 5.74) is 0.0204. The Balaban J connectivity index is 2.38. The molecule has 0 radical (unpaired) electrons. The number of benzene rings is 1. The van der Waals surface area contributed by atoms with Gasteiger partial charge in [0.2, 0.25) is 0 Å². The minimum Gasteiger partial charge on any atom is -0.491 e. The Labute approximate surface area is 128 Å². The van der Waals surface area contributed by atoms with Gasteiger partial charge in [-0.25, -0.2) is 4.79 Å². The SMILES string of the molecule is COCCNC(=O)c1cc(=O)oc2cc(OC(C)C)ccc12. The van der Waals surface area contributed by atoms with Gasteiger partial charge in [-0.1, -0.05) is 0 Å². The molecular weight excluding hydrogens is 286 g/mol. The maximum absolute atomic E-state index is 12.2. The molecule has 0 saturated carbocycles. The summed E-state index contributed by atoms with van der Waals surface area (Å²) in [6.45, 7) is 4.57. The van der Waals surface area contributed by atoms with E-state index < -0.39 is 5.63 Å². The number of hydrogen-bond donors (Lipinski definition) is 1. The second kappa shape index (κ2) is 7.09. The lowest BCUT2D eigenvalue weighted by molar-refractivity contribution is 0.0938. The van der Waals surface area contributed by atoms with Crippen LogP contribution in [0.2, 0.25) is 0 Å². The first-order valence-electron chi connectivity index (χ1n) is 7.03. The fourth-order valence-electron chi connectivity index (χ4n) is 2.04. The third-order valence-electron chi connectivity index (χ3n) is 2.92. The predicted octanol–water partition coefficient (Wildman–Crippen LogP) is 1.96. The van der Waals surface area contributed by atoms with Gasteiger partial charge in [-0.05, 0) is 26.0 Å². The second-order valence-electron chi connectivity index (χ2n) is 5.05. The van der Waals surface area contributed by atoms with E-state index >= 15 is 0 Å². The topological polar surface area (TPSA) is 77.8 Å². The number of methoxy groups -OCH3 is 1. The molecule has 0 aliphatic carbocycles. The van der Waals surface area contributed by atoms with Crippen molar-refractivity contribution >= 4 is 16.9 Å². The molecule has 1 aromatic heterocycles. The van der Waals surface area contributed by atoms with Crippen LogP contribution in [-0.2, 0) is 4.74 Å². The summed E-state index contributed by atoms with van der Waals surface area (Å²) in [6, 6.07) is 6.26. The van der Waals surface area contributed by atoms with Crippen LogP contribution >= 0.6 is 0 Å². The summed E-state index contributed by atoms with van der Waals surface area (Å²) < 4.78 is 15.6. The van der Waals surface area contributed by atoms with Crippen LogP contribution in [0.1, 0.15) is 24.2 Å². The van der Waals surface area contributed by atoms with Crippen LogP contribution in [-0.4, -0.2) is 32.3 Å². The largest absolute Gasteiger partial charge is 0.491 e. The van der Waals surface area contributed by atoms with E-state index in [9.17, 15) is 9.59 Å². The van der Waals surface area contributed by atoms with E-state index in [-0.39, 0.29) is 17.6 Å². The summed E-state index contributed by atoms with van der Waals surface area (Å²) in [5.74, 6) is 0.245. The van der Waals surface area contributed by atoms with E-state index in [1.807, 2.05) is 13.8 Å². The van der Waals surface area contributed by atoms with Crippen molar-refractivity contribution in [1.82, 2.24) is 5.32 Å². The summed E-state index contributed by atoms with van der Waals surface area (Å²) in [7, 11) is 1.55. The first-order chi connectivity index (χ1) is 10.5. The molecule has 2 rings (SSSR count).